The zero-order valence-corrected chi connectivity index (χ0v) is 13.7. The van der Waals surface area contributed by atoms with Gasteiger partial charge in [0.25, 0.3) is 0 Å². The van der Waals surface area contributed by atoms with Crippen LogP contribution in [0, 0.1) is 11.7 Å². The molecule has 0 radical (unpaired) electrons. The third-order valence-electron chi connectivity index (χ3n) is 3.82. The van der Waals surface area contributed by atoms with Gasteiger partial charge in [0.05, 0.1) is 5.92 Å². The number of benzene rings is 1. The molecule has 1 aromatic carbocycles. The van der Waals surface area contributed by atoms with Crippen molar-refractivity contribution in [2.45, 2.75) is 12.8 Å². The number of aromatic nitrogens is 1. The number of amides is 3. The van der Waals surface area contributed by atoms with Gasteiger partial charge in [0.15, 0.2) is 5.13 Å². The van der Waals surface area contributed by atoms with Gasteiger partial charge in [0.1, 0.15) is 5.82 Å². The second-order valence-corrected chi connectivity index (χ2v) is 6.45. The SMILES string of the molecule is O=C(Nc1nccs1)[C@H]1CCCN(C(=O)Nc2cccc(F)c2)C1. The van der Waals surface area contributed by atoms with E-state index in [1.807, 2.05) is 0 Å². The molecule has 0 saturated carbocycles. The third-order valence-corrected chi connectivity index (χ3v) is 4.51. The van der Waals surface area contributed by atoms with Crippen LogP contribution in [0.4, 0.5) is 20.0 Å². The van der Waals surface area contributed by atoms with Crippen molar-refractivity contribution in [2.75, 3.05) is 23.7 Å². The summed E-state index contributed by atoms with van der Waals surface area (Å²) in [7, 11) is 0. The molecule has 6 nitrogen and oxygen atoms in total. The fourth-order valence-corrected chi connectivity index (χ4v) is 3.17. The maximum atomic E-state index is 13.2. The number of carbonyl (C=O) groups excluding carboxylic acids is 2. The first-order valence-electron chi connectivity index (χ1n) is 7.63. The minimum atomic E-state index is -0.410. The number of halogens is 1. The first kappa shape index (κ1) is 16.4. The molecule has 1 saturated heterocycles. The number of likely N-dealkylation sites (tertiary alicyclic amines) is 1. The van der Waals surface area contributed by atoms with Crippen molar-refractivity contribution in [2.24, 2.45) is 5.92 Å². The van der Waals surface area contributed by atoms with Crippen molar-refractivity contribution in [1.29, 1.82) is 0 Å². The second-order valence-electron chi connectivity index (χ2n) is 5.55. The molecule has 0 bridgehead atoms. The number of nitrogens with zero attached hydrogens (tertiary/aromatic N) is 2. The van der Waals surface area contributed by atoms with Crippen LogP contribution < -0.4 is 10.6 Å². The highest BCUT2D eigenvalue weighted by molar-refractivity contribution is 7.13. The molecular formula is C16H17FN4O2S. The Bertz CT molecular complexity index is 723. The van der Waals surface area contributed by atoms with Crippen molar-refractivity contribution in [3.63, 3.8) is 0 Å². The maximum absolute atomic E-state index is 13.2. The molecule has 1 aliphatic heterocycles. The highest BCUT2D eigenvalue weighted by atomic mass is 32.1. The van der Waals surface area contributed by atoms with Gasteiger partial charge >= 0.3 is 6.03 Å². The van der Waals surface area contributed by atoms with Gasteiger partial charge in [0, 0.05) is 30.4 Å². The molecule has 2 heterocycles. The molecule has 24 heavy (non-hydrogen) atoms. The van der Waals surface area contributed by atoms with Crippen LogP contribution in [0.15, 0.2) is 35.8 Å². The summed E-state index contributed by atoms with van der Waals surface area (Å²) in [5.74, 6) is -0.818. The summed E-state index contributed by atoms with van der Waals surface area (Å²) in [6.07, 6.45) is 3.09. The van der Waals surface area contributed by atoms with E-state index in [1.165, 1.54) is 29.5 Å². The third kappa shape index (κ3) is 4.08. The van der Waals surface area contributed by atoms with Gasteiger partial charge < -0.3 is 15.5 Å². The van der Waals surface area contributed by atoms with E-state index >= 15 is 0 Å². The minimum absolute atomic E-state index is 0.131. The average molecular weight is 348 g/mol. The molecule has 1 aliphatic rings. The van der Waals surface area contributed by atoms with E-state index in [0.29, 0.717) is 23.9 Å². The van der Waals surface area contributed by atoms with Crippen LogP contribution in [-0.4, -0.2) is 34.9 Å². The van der Waals surface area contributed by atoms with Crippen LogP contribution in [-0.2, 0) is 4.79 Å². The Morgan fingerprint density at radius 2 is 2.21 bits per heavy atom. The Morgan fingerprint density at radius 1 is 1.33 bits per heavy atom. The predicted molar refractivity (Wildman–Crippen MR) is 90.5 cm³/mol. The minimum Gasteiger partial charge on any atom is -0.324 e. The lowest BCUT2D eigenvalue weighted by molar-refractivity contribution is -0.121. The Balaban J connectivity index is 1.58. The van der Waals surface area contributed by atoms with Gasteiger partial charge in [0.2, 0.25) is 5.91 Å². The monoisotopic (exact) mass is 348 g/mol. The van der Waals surface area contributed by atoms with Crippen LogP contribution in [0.1, 0.15) is 12.8 Å². The number of thiazole rings is 1. The molecule has 3 rings (SSSR count). The lowest BCUT2D eigenvalue weighted by Crippen LogP contribution is -2.45. The molecule has 0 aliphatic carbocycles. The Kier molecular flexibility index (Phi) is 5.05. The van der Waals surface area contributed by atoms with E-state index in [0.717, 1.165) is 12.8 Å². The van der Waals surface area contributed by atoms with Crippen LogP contribution in [0.5, 0.6) is 0 Å². The predicted octanol–water partition coefficient (Wildman–Crippen LogP) is 3.16. The van der Waals surface area contributed by atoms with Crippen molar-refractivity contribution >= 4 is 34.1 Å². The summed E-state index contributed by atoms with van der Waals surface area (Å²) in [5, 5.41) is 7.78. The van der Waals surface area contributed by atoms with E-state index in [-0.39, 0.29) is 17.9 Å². The molecule has 8 heteroatoms. The molecule has 126 valence electrons. The molecule has 0 unspecified atom stereocenters. The van der Waals surface area contributed by atoms with Crippen LogP contribution in [0.3, 0.4) is 0 Å². The van der Waals surface area contributed by atoms with Gasteiger partial charge in [-0.05, 0) is 31.0 Å². The molecule has 3 amide bonds. The zero-order valence-electron chi connectivity index (χ0n) is 12.9. The lowest BCUT2D eigenvalue weighted by atomic mass is 9.97. The summed E-state index contributed by atoms with van der Waals surface area (Å²) in [4.78, 5) is 30.2. The topological polar surface area (TPSA) is 74.3 Å². The van der Waals surface area contributed by atoms with Crippen molar-refractivity contribution in [3.05, 3.63) is 41.7 Å². The van der Waals surface area contributed by atoms with Gasteiger partial charge in [-0.15, -0.1) is 11.3 Å². The first-order valence-corrected chi connectivity index (χ1v) is 8.51. The molecule has 1 atom stereocenters. The van der Waals surface area contributed by atoms with E-state index in [4.69, 9.17) is 0 Å². The number of hydrogen-bond acceptors (Lipinski definition) is 4. The van der Waals surface area contributed by atoms with Gasteiger partial charge in [-0.25, -0.2) is 14.2 Å². The highest BCUT2D eigenvalue weighted by Gasteiger charge is 2.28. The van der Waals surface area contributed by atoms with Crippen LogP contribution >= 0.6 is 11.3 Å². The molecule has 1 aromatic heterocycles. The summed E-state index contributed by atoms with van der Waals surface area (Å²) < 4.78 is 13.2. The molecule has 2 aromatic rings. The Labute approximate surface area is 142 Å². The molecular weight excluding hydrogens is 331 g/mol. The van der Waals surface area contributed by atoms with Gasteiger partial charge in [-0.1, -0.05) is 6.07 Å². The standard InChI is InChI=1S/C16H17FN4O2S/c17-12-4-1-5-13(9-12)19-16(23)21-7-2-3-11(10-21)14(22)20-15-18-6-8-24-15/h1,4-6,8-9,11H,2-3,7,10H2,(H,19,23)(H,18,20,22)/t11-/m0/s1. The Hall–Kier alpha value is -2.48. The Morgan fingerprint density at radius 3 is 2.96 bits per heavy atom. The van der Waals surface area contributed by atoms with Crippen molar-refractivity contribution in [1.82, 2.24) is 9.88 Å². The summed E-state index contributed by atoms with van der Waals surface area (Å²) in [6, 6.07) is 5.40. The summed E-state index contributed by atoms with van der Waals surface area (Å²) >= 11 is 1.35. The summed E-state index contributed by atoms with van der Waals surface area (Å²) in [5.41, 5.74) is 0.398. The van der Waals surface area contributed by atoms with E-state index < -0.39 is 5.82 Å². The normalized spacial score (nSPS) is 17.4. The van der Waals surface area contributed by atoms with Gasteiger partial charge in [-0.2, -0.15) is 0 Å². The van der Waals surface area contributed by atoms with Crippen LogP contribution in [0.2, 0.25) is 0 Å². The molecule has 2 N–H and O–H groups in total. The number of urea groups is 1. The smallest absolute Gasteiger partial charge is 0.321 e. The number of nitrogens with one attached hydrogen (secondary N) is 2. The van der Waals surface area contributed by atoms with E-state index in [2.05, 4.69) is 15.6 Å². The lowest BCUT2D eigenvalue weighted by Gasteiger charge is -2.31. The zero-order chi connectivity index (χ0) is 16.9. The maximum Gasteiger partial charge on any atom is 0.321 e. The average Bonchev–Trinajstić information content (AvgIpc) is 3.08. The van der Waals surface area contributed by atoms with Gasteiger partial charge in [-0.3, -0.25) is 4.79 Å². The highest BCUT2D eigenvalue weighted by Crippen LogP contribution is 2.20. The number of hydrogen-bond donors (Lipinski definition) is 2. The quantitative estimate of drug-likeness (QED) is 0.895. The van der Waals surface area contributed by atoms with Crippen molar-refractivity contribution in [3.8, 4) is 0 Å². The molecule has 0 spiro atoms. The largest absolute Gasteiger partial charge is 0.324 e. The van der Waals surface area contributed by atoms with E-state index in [9.17, 15) is 14.0 Å². The second kappa shape index (κ2) is 7.39. The van der Waals surface area contributed by atoms with E-state index in [1.54, 1.807) is 22.5 Å². The fraction of sp³-hybridized carbons (Fsp3) is 0.312. The number of anilines is 2. The number of piperidine rings is 1. The number of rotatable bonds is 3. The summed E-state index contributed by atoms with van der Waals surface area (Å²) in [6.45, 7) is 0.903. The first-order chi connectivity index (χ1) is 11.6. The van der Waals surface area contributed by atoms with Crippen LogP contribution in [0.25, 0.3) is 0 Å². The number of carbonyl (C=O) groups is 2. The molecule has 1 fully saturated rings. The van der Waals surface area contributed by atoms with Crippen molar-refractivity contribution < 1.29 is 14.0 Å². The fourth-order valence-electron chi connectivity index (χ4n) is 2.64.